The summed E-state index contributed by atoms with van der Waals surface area (Å²) in [6.07, 6.45) is 4.09. The van der Waals surface area contributed by atoms with E-state index in [2.05, 4.69) is 10.2 Å². The van der Waals surface area contributed by atoms with E-state index in [1.165, 1.54) is 4.90 Å². The van der Waals surface area contributed by atoms with Crippen molar-refractivity contribution in [3.8, 4) is 0 Å². The van der Waals surface area contributed by atoms with Crippen molar-refractivity contribution in [1.29, 1.82) is 0 Å². The van der Waals surface area contributed by atoms with E-state index in [1.807, 2.05) is 38.1 Å². The molecule has 0 saturated carbocycles. The van der Waals surface area contributed by atoms with E-state index in [0.717, 1.165) is 36.6 Å². The number of piperidine rings is 1. The van der Waals surface area contributed by atoms with Crippen molar-refractivity contribution >= 4 is 32.7 Å². The van der Waals surface area contributed by atoms with Crippen LogP contribution in [0, 0.1) is 0 Å². The zero-order valence-corrected chi connectivity index (χ0v) is 24.7. The number of nitrogens with zero attached hydrogens (tertiary/aromatic N) is 4. The molecule has 3 fully saturated rings. The Morgan fingerprint density at radius 2 is 1.75 bits per heavy atom. The summed E-state index contributed by atoms with van der Waals surface area (Å²) in [5.41, 5.74) is 0.722. The maximum Gasteiger partial charge on any atom is 0.319 e. The number of hydrogen-bond donors (Lipinski definition) is 1. The minimum Gasteiger partial charge on any atom is -0.349 e. The second-order valence-electron chi connectivity index (χ2n) is 12.1. The number of carbonyl (C=O) groups excluding carboxylic acids is 2. The number of para-hydroxylation sites is 1. The lowest BCUT2D eigenvalue weighted by molar-refractivity contribution is 0.0789. The van der Waals surface area contributed by atoms with Gasteiger partial charge in [-0.15, -0.1) is 0 Å². The fourth-order valence-electron chi connectivity index (χ4n) is 6.92. The second kappa shape index (κ2) is 11.2. The summed E-state index contributed by atoms with van der Waals surface area (Å²) in [7, 11) is 0.286. The third kappa shape index (κ3) is 5.63. The Kier molecular flexibility index (Phi) is 7.98. The molecule has 1 aromatic carbocycles. The number of rotatable bonds is 7. The number of aromatic nitrogens is 1. The van der Waals surface area contributed by atoms with Gasteiger partial charge in [-0.2, -0.15) is 0 Å². The monoisotopic (exact) mass is 571 g/mol. The highest BCUT2D eigenvalue weighted by atomic mass is 32.2. The van der Waals surface area contributed by atoms with Crippen LogP contribution in [0.1, 0.15) is 62.4 Å². The molecule has 3 saturated heterocycles. The van der Waals surface area contributed by atoms with Crippen LogP contribution in [0.2, 0.25) is 0 Å². The Labute approximate surface area is 236 Å². The first kappa shape index (κ1) is 28.6. The topological polar surface area (TPSA) is 112 Å². The normalized spacial score (nSPS) is 25.8. The maximum atomic E-state index is 13.4. The van der Waals surface area contributed by atoms with Crippen LogP contribution in [-0.4, -0.2) is 102 Å². The van der Waals surface area contributed by atoms with Crippen LogP contribution in [-0.2, 0) is 9.84 Å². The number of amides is 3. The quantitative estimate of drug-likeness (QED) is 0.547. The molecule has 5 rings (SSSR count). The molecule has 3 amide bonds. The molecular formula is C29H41N5O5S. The standard InChI is InChI=1S/C29H41N5O5S/c1-19(2)34-26-8-6-5-7-20(26)15-25(28(34)36)27(35)30-21-16-22-9-10-23(17-21)32(22)12-13-33(29(37)31(3)4)24-11-14-40(38,39)18-24/h5-8,15,19,21-24H,9-14,16-18H2,1-4H3,(H,30,35)/t21-,22-,23+,24?. The lowest BCUT2D eigenvalue weighted by Crippen LogP contribution is -2.54. The largest absolute Gasteiger partial charge is 0.349 e. The summed E-state index contributed by atoms with van der Waals surface area (Å²) >= 11 is 0. The summed E-state index contributed by atoms with van der Waals surface area (Å²) < 4.78 is 25.9. The van der Waals surface area contributed by atoms with Crippen LogP contribution >= 0.6 is 0 Å². The van der Waals surface area contributed by atoms with Gasteiger partial charge in [0.15, 0.2) is 9.84 Å². The predicted molar refractivity (Wildman–Crippen MR) is 155 cm³/mol. The molecule has 3 aliphatic rings. The van der Waals surface area contributed by atoms with E-state index in [1.54, 1.807) is 29.6 Å². The lowest BCUT2D eigenvalue weighted by atomic mass is 9.96. The lowest BCUT2D eigenvalue weighted by Gasteiger charge is -2.41. The summed E-state index contributed by atoms with van der Waals surface area (Å²) in [6.45, 7) is 5.05. The number of carbonyl (C=O) groups is 2. The van der Waals surface area contributed by atoms with Gasteiger partial charge in [-0.3, -0.25) is 14.5 Å². The fraction of sp³-hybridized carbons (Fsp3) is 0.621. The van der Waals surface area contributed by atoms with Gasteiger partial charge >= 0.3 is 6.03 Å². The van der Waals surface area contributed by atoms with Crippen molar-refractivity contribution in [2.24, 2.45) is 0 Å². The van der Waals surface area contributed by atoms with Crippen molar-refractivity contribution in [2.75, 3.05) is 38.7 Å². The minimum atomic E-state index is -3.11. The molecule has 218 valence electrons. The molecule has 2 aromatic rings. The number of fused-ring (bicyclic) bond motifs is 3. The molecule has 0 aliphatic carbocycles. The average molecular weight is 572 g/mol. The van der Waals surface area contributed by atoms with Crippen LogP contribution in [0.3, 0.4) is 0 Å². The third-order valence-electron chi connectivity index (χ3n) is 8.80. The van der Waals surface area contributed by atoms with E-state index in [0.29, 0.717) is 19.5 Å². The van der Waals surface area contributed by atoms with Gasteiger partial charge < -0.3 is 19.7 Å². The second-order valence-corrected chi connectivity index (χ2v) is 14.3. The van der Waals surface area contributed by atoms with Crippen LogP contribution in [0.15, 0.2) is 35.1 Å². The molecular weight excluding hydrogens is 530 g/mol. The predicted octanol–water partition coefficient (Wildman–Crippen LogP) is 2.48. The van der Waals surface area contributed by atoms with Gasteiger partial charge in [-0.05, 0) is 63.5 Å². The van der Waals surface area contributed by atoms with Gasteiger partial charge in [0.05, 0.1) is 17.0 Å². The SMILES string of the molecule is CC(C)n1c(=O)c(C(=O)N[C@@H]2C[C@H]3CC[C@@H](C2)N3CCN(C(=O)N(C)C)C2CCS(=O)(=O)C2)cc2ccccc21. The summed E-state index contributed by atoms with van der Waals surface area (Å²) in [5.74, 6) is -0.168. The number of sulfone groups is 1. The van der Waals surface area contributed by atoms with Crippen molar-refractivity contribution in [2.45, 2.75) is 76.2 Å². The Morgan fingerprint density at radius 1 is 1.07 bits per heavy atom. The first-order valence-electron chi connectivity index (χ1n) is 14.3. The molecule has 3 aliphatic heterocycles. The highest BCUT2D eigenvalue weighted by Gasteiger charge is 2.42. The van der Waals surface area contributed by atoms with Crippen LogP contribution < -0.4 is 10.9 Å². The van der Waals surface area contributed by atoms with Gasteiger partial charge in [-0.1, -0.05) is 18.2 Å². The van der Waals surface area contributed by atoms with E-state index in [-0.39, 0.29) is 64.8 Å². The summed E-state index contributed by atoms with van der Waals surface area (Å²) in [5, 5.41) is 4.03. The molecule has 2 bridgehead atoms. The molecule has 10 nitrogen and oxygen atoms in total. The van der Waals surface area contributed by atoms with Gasteiger partial charge in [0.2, 0.25) is 0 Å². The van der Waals surface area contributed by atoms with E-state index in [4.69, 9.17) is 0 Å². The first-order valence-corrected chi connectivity index (χ1v) is 16.2. The van der Waals surface area contributed by atoms with Crippen molar-refractivity contribution < 1.29 is 18.0 Å². The van der Waals surface area contributed by atoms with Crippen LogP contribution in [0.25, 0.3) is 10.9 Å². The molecule has 1 N–H and O–H groups in total. The Balaban J connectivity index is 1.26. The molecule has 1 aromatic heterocycles. The van der Waals surface area contributed by atoms with Crippen molar-refractivity contribution in [3.63, 3.8) is 0 Å². The molecule has 1 unspecified atom stereocenters. The molecule has 11 heteroatoms. The number of hydrogen-bond acceptors (Lipinski definition) is 6. The van der Waals surface area contributed by atoms with Gasteiger partial charge in [0.25, 0.3) is 11.5 Å². The average Bonchev–Trinajstić information content (AvgIpc) is 3.37. The summed E-state index contributed by atoms with van der Waals surface area (Å²) in [6, 6.07) is 9.35. The first-order chi connectivity index (χ1) is 18.9. The fourth-order valence-corrected chi connectivity index (χ4v) is 8.65. The van der Waals surface area contributed by atoms with Crippen LogP contribution in [0.5, 0.6) is 0 Å². The number of urea groups is 1. The number of nitrogens with one attached hydrogen (secondary N) is 1. The van der Waals surface area contributed by atoms with Gasteiger partial charge in [-0.25, -0.2) is 13.2 Å². The zero-order chi connectivity index (χ0) is 28.8. The highest BCUT2D eigenvalue weighted by molar-refractivity contribution is 7.91. The smallest absolute Gasteiger partial charge is 0.319 e. The van der Waals surface area contributed by atoms with E-state index in [9.17, 15) is 22.8 Å². The van der Waals surface area contributed by atoms with Crippen molar-refractivity contribution in [3.05, 3.63) is 46.2 Å². The number of benzene rings is 1. The molecule has 4 atom stereocenters. The van der Waals surface area contributed by atoms with Crippen LogP contribution in [0.4, 0.5) is 4.79 Å². The van der Waals surface area contributed by atoms with Gasteiger partial charge in [0, 0.05) is 57.4 Å². The Hall–Kier alpha value is -2.92. The molecule has 4 heterocycles. The molecule has 0 radical (unpaired) electrons. The molecule has 0 spiro atoms. The Bertz CT molecular complexity index is 1440. The maximum absolute atomic E-state index is 13.4. The summed E-state index contributed by atoms with van der Waals surface area (Å²) in [4.78, 5) is 45.3. The van der Waals surface area contributed by atoms with E-state index < -0.39 is 9.84 Å². The minimum absolute atomic E-state index is 0.0286. The zero-order valence-electron chi connectivity index (χ0n) is 23.9. The third-order valence-corrected chi connectivity index (χ3v) is 10.6. The number of pyridine rings is 1. The Morgan fingerprint density at radius 3 is 2.35 bits per heavy atom. The van der Waals surface area contributed by atoms with Crippen molar-refractivity contribution in [1.82, 2.24) is 24.6 Å². The van der Waals surface area contributed by atoms with Gasteiger partial charge in [0.1, 0.15) is 5.56 Å². The highest BCUT2D eigenvalue weighted by Crippen LogP contribution is 2.36. The van der Waals surface area contributed by atoms with E-state index >= 15 is 0 Å². The molecule has 40 heavy (non-hydrogen) atoms.